The standard InChI is InChI=1S/C17H20ClNO2S/c1-12(16-10-14(18)6-9-17(16)21-2)19-11-13-4-7-15(8-5-13)22(3)20/h4-10,12,19H,11H2,1-3H3/t12-,22-/m1/s1. The monoisotopic (exact) mass is 337 g/mol. The Morgan fingerprint density at radius 3 is 2.50 bits per heavy atom. The van der Waals surface area contributed by atoms with E-state index in [2.05, 4.69) is 12.2 Å². The summed E-state index contributed by atoms with van der Waals surface area (Å²) in [6, 6.07) is 13.5. The summed E-state index contributed by atoms with van der Waals surface area (Å²) in [6.07, 6.45) is 1.68. The first kappa shape index (κ1) is 17.0. The van der Waals surface area contributed by atoms with Crippen molar-refractivity contribution < 1.29 is 8.95 Å². The Balaban J connectivity index is 2.05. The first-order valence-electron chi connectivity index (χ1n) is 7.00. The lowest BCUT2D eigenvalue weighted by Gasteiger charge is -2.18. The molecule has 118 valence electrons. The van der Waals surface area contributed by atoms with Gasteiger partial charge in [0.15, 0.2) is 0 Å². The summed E-state index contributed by atoms with van der Waals surface area (Å²) in [5, 5.41) is 4.15. The second kappa shape index (κ2) is 7.77. The van der Waals surface area contributed by atoms with Crippen LogP contribution in [0.15, 0.2) is 47.4 Å². The minimum atomic E-state index is -0.938. The molecule has 0 amide bonds. The summed E-state index contributed by atoms with van der Waals surface area (Å²) in [6.45, 7) is 2.79. The molecule has 1 N–H and O–H groups in total. The summed E-state index contributed by atoms with van der Waals surface area (Å²) < 4.78 is 16.8. The first-order valence-corrected chi connectivity index (χ1v) is 8.94. The zero-order chi connectivity index (χ0) is 16.1. The number of hydrogen-bond donors (Lipinski definition) is 1. The van der Waals surface area contributed by atoms with Gasteiger partial charge >= 0.3 is 0 Å². The Morgan fingerprint density at radius 1 is 1.23 bits per heavy atom. The van der Waals surface area contributed by atoms with E-state index in [1.807, 2.05) is 42.5 Å². The minimum Gasteiger partial charge on any atom is -0.496 e. The van der Waals surface area contributed by atoms with E-state index in [0.717, 1.165) is 21.8 Å². The summed E-state index contributed by atoms with van der Waals surface area (Å²) in [4.78, 5) is 0.841. The number of benzene rings is 2. The predicted octanol–water partition coefficient (Wildman–Crippen LogP) is 3.94. The van der Waals surface area contributed by atoms with Crippen LogP contribution in [0.4, 0.5) is 0 Å². The van der Waals surface area contributed by atoms with E-state index in [4.69, 9.17) is 16.3 Å². The van der Waals surface area contributed by atoms with Crippen molar-refractivity contribution >= 4 is 22.4 Å². The number of ether oxygens (including phenoxy) is 1. The molecule has 0 unspecified atom stereocenters. The fraction of sp³-hybridized carbons (Fsp3) is 0.294. The van der Waals surface area contributed by atoms with Gasteiger partial charge in [0.1, 0.15) is 5.75 Å². The van der Waals surface area contributed by atoms with Gasteiger partial charge in [-0.05, 0) is 42.8 Å². The molecule has 0 saturated carbocycles. The molecule has 0 aliphatic rings. The molecular weight excluding hydrogens is 318 g/mol. The van der Waals surface area contributed by atoms with E-state index in [-0.39, 0.29) is 6.04 Å². The molecular formula is C17H20ClNO2S. The van der Waals surface area contributed by atoms with E-state index in [9.17, 15) is 4.21 Å². The molecule has 3 nitrogen and oxygen atoms in total. The van der Waals surface area contributed by atoms with Gasteiger partial charge in [-0.25, -0.2) is 0 Å². The van der Waals surface area contributed by atoms with Crippen LogP contribution in [0.3, 0.4) is 0 Å². The fourth-order valence-electron chi connectivity index (χ4n) is 2.22. The van der Waals surface area contributed by atoms with Crippen molar-refractivity contribution in [3.8, 4) is 5.75 Å². The van der Waals surface area contributed by atoms with Crippen LogP contribution in [0.25, 0.3) is 0 Å². The molecule has 2 atom stereocenters. The van der Waals surface area contributed by atoms with E-state index >= 15 is 0 Å². The number of methoxy groups -OCH3 is 1. The lowest BCUT2D eigenvalue weighted by atomic mass is 10.1. The van der Waals surface area contributed by atoms with E-state index in [1.54, 1.807) is 13.4 Å². The molecule has 0 bridgehead atoms. The number of nitrogens with one attached hydrogen (secondary N) is 1. The molecule has 0 radical (unpaired) electrons. The molecule has 0 spiro atoms. The number of hydrogen-bond acceptors (Lipinski definition) is 3. The van der Waals surface area contributed by atoms with Crippen molar-refractivity contribution in [1.82, 2.24) is 5.32 Å². The smallest absolute Gasteiger partial charge is 0.123 e. The zero-order valence-electron chi connectivity index (χ0n) is 12.9. The molecule has 0 saturated heterocycles. The second-order valence-corrected chi connectivity index (χ2v) is 6.90. The van der Waals surface area contributed by atoms with Crippen LogP contribution in [0, 0.1) is 0 Å². The first-order chi connectivity index (χ1) is 10.5. The number of halogens is 1. The second-order valence-electron chi connectivity index (χ2n) is 5.09. The minimum absolute atomic E-state index is 0.105. The van der Waals surface area contributed by atoms with Crippen LogP contribution in [0.5, 0.6) is 5.75 Å². The van der Waals surface area contributed by atoms with Crippen molar-refractivity contribution in [3.63, 3.8) is 0 Å². The Hall–Kier alpha value is -1.36. The van der Waals surface area contributed by atoms with Crippen molar-refractivity contribution in [2.24, 2.45) is 0 Å². The Morgan fingerprint density at radius 2 is 1.91 bits per heavy atom. The van der Waals surface area contributed by atoms with Crippen LogP contribution in [-0.4, -0.2) is 17.6 Å². The molecule has 2 rings (SSSR count). The highest BCUT2D eigenvalue weighted by molar-refractivity contribution is 7.84. The SMILES string of the molecule is COc1ccc(Cl)cc1[C@@H](C)NCc1ccc([S@@](C)=O)cc1. The van der Waals surface area contributed by atoms with Gasteiger partial charge in [-0.15, -0.1) is 0 Å². The van der Waals surface area contributed by atoms with Gasteiger partial charge < -0.3 is 10.1 Å². The quantitative estimate of drug-likeness (QED) is 0.867. The molecule has 2 aromatic carbocycles. The molecule has 0 heterocycles. The maximum atomic E-state index is 11.4. The molecule has 5 heteroatoms. The van der Waals surface area contributed by atoms with Crippen LogP contribution >= 0.6 is 11.6 Å². The third kappa shape index (κ3) is 4.32. The van der Waals surface area contributed by atoms with E-state index in [0.29, 0.717) is 11.6 Å². The summed E-state index contributed by atoms with van der Waals surface area (Å²) >= 11 is 6.07. The van der Waals surface area contributed by atoms with Crippen LogP contribution in [0.1, 0.15) is 24.1 Å². The van der Waals surface area contributed by atoms with Crippen molar-refractivity contribution in [2.75, 3.05) is 13.4 Å². The maximum Gasteiger partial charge on any atom is 0.123 e. The van der Waals surface area contributed by atoms with Gasteiger partial charge in [0.25, 0.3) is 0 Å². The van der Waals surface area contributed by atoms with Gasteiger partial charge in [0, 0.05) is 45.1 Å². The Bertz CT molecular complexity index is 658. The van der Waals surface area contributed by atoms with Crippen LogP contribution in [0.2, 0.25) is 5.02 Å². The highest BCUT2D eigenvalue weighted by Gasteiger charge is 2.11. The summed E-state index contributed by atoms with van der Waals surface area (Å²) in [5.41, 5.74) is 2.17. The van der Waals surface area contributed by atoms with E-state index in [1.165, 1.54) is 0 Å². The average Bonchev–Trinajstić information content (AvgIpc) is 2.53. The largest absolute Gasteiger partial charge is 0.496 e. The van der Waals surface area contributed by atoms with Crippen molar-refractivity contribution in [2.45, 2.75) is 24.4 Å². The fourth-order valence-corrected chi connectivity index (χ4v) is 2.92. The molecule has 0 aliphatic heterocycles. The maximum absolute atomic E-state index is 11.4. The Labute approximate surface area is 139 Å². The van der Waals surface area contributed by atoms with Crippen molar-refractivity contribution in [3.05, 3.63) is 58.6 Å². The van der Waals surface area contributed by atoms with Gasteiger partial charge in [-0.3, -0.25) is 4.21 Å². The third-order valence-electron chi connectivity index (χ3n) is 3.53. The normalized spacial score (nSPS) is 13.6. The Kier molecular flexibility index (Phi) is 6.00. The number of rotatable bonds is 6. The molecule has 22 heavy (non-hydrogen) atoms. The van der Waals surface area contributed by atoms with Gasteiger partial charge in [0.05, 0.1) is 7.11 Å². The highest BCUT2D eigenvalue weighted by Crippen LogP contribution is 2.28. The van der Waals surface area contributed by atoms with E-state index < -0.39 is 10.8 Å². The topological polar surface area (TPSA) is 38.3 Å². The molecule has 2 aromatic rings. The lowest BCUT2D eigenvalue weighted by Crippen LogP contribution is -2.18. The molecule has 0 aliphatic carbocycles. The van der Waals surface area contributed by atoms with Crippen LogP contribution in [-0.2, 0) is 17.3 Å². The highest BCUT2D eigenvalue weighted by atomic mass is 35.5. The van der Waals surface area contributed by atoms with Gasteiger partial charge in [-0.1, -0.05) is 23.7 Å². The van der Waals surface area contributed by atoms with Gasteiger partial charge in [-0.2, -0.15) is 0 Å². The van der Waals surface area contributed by atoms with Crippen LogP contribution < -0.4 is 10.1 Å². The zero-order valence-corrected chi connectivity index (χ0v) is 14.5. The van der Waals surface area contributed by atoms with Gasteiger partial charge in [0.2, 0.25) is 0 Å². The van der Waals surface area contributed by atoms with Crippen molar-refractivity contribution in [1.29, 1.82) is 0 Å². The summed E-state index contributed by atoms with van der Waals surface area (Å²) in [7, 11) is 0.718. The lowest BCUT2D eigenvalue weighted by molar-refractivity contribution is 0.401. The summed E-state index contributed by atoms with van der Waals surface area (Å²) in [5.74, 6) is 0.820. The molecule has 0 fully saturated rings. The molecule has 0 aromatic heterocycles. The average molecular weight is 338 g/mol. The third-order valence-corrected chi connectivity index (χ3v) is 4.70. The predicted molar refractivity (Wildman–Crippen MR) is 92.0 cm³/mol.